The largest absolute Gasteiger partial charge is 0.366 e. The normalized spacial score (nSPS) is 16.6. The van der Waals surface area contributed by atoms with Crippen molar-refractivity contribution in [2.75, 3.05) is 19.9 Å². The second-order valence-corrected chi connectivity index (χ2v) is 6.48. The molecule has 138 valence electrons. The molecule has 1 aromatic heterocycles. The Morgan fingerprint density at radius 3 is 2.92 bits per heavy atom. The van der Waals surface area contributed by atoms with Crippen LogP contribution in [0, 0.1) is 0 Å². The van der Waals surface area contributed by atoms with E-state index in [4.69, 9.17) is 4.74 Å². The molecule has 2 heterocycles. The maximum absolute atomic E-state index is 13.4. The molecular formula is C19H28FN3O2. The molecular weight excluding hydrogens is 321 g/mol. The molecule has 0 atom stereocenters. The van der Waals surface area contributed by atoms with Crippen molar-refractivity contribution in [1.29, 1.82) is 0 Å². The van der Waals surface area contributed by atoms with Gasteiger partial charge in [0.15, 0.2) is 5.78 Å². The Morgan fingerprint density at radius 1 is 1.40 bits per heavy atom. The Morgan fingerprint density at radius 2 is 2.20 bits per heavy atom. The summed E-state index contributed by atoms with van der Waals surface area (Å²) in [7, 11) is 0. The van der Waals surface area contributed by atoms with Gasteiger partial charge < -0.3 is 4.74 Å². The van der Waals surface area contributed by atoms with Crippen LogP contribution in [0.4, 0.5) is 4.39 Å². The molecule has 0 aromatic carbocycles. The smallest absolute Gasteiger partial charge is 0.179 e. The van der Waals surface area contributed by atoms with E-state index in [1.54, 1.807) is 12.2 Å². The second kappa shape index (κ2) is 9.63. The number of carbonyl (C=O) groups is 1. The third-order valence-electron chi connectivity index (χ3n) is 4.15. The van der Waals surface area contributed by atoms with Gasteiger partial charge in [-0.3, -0.25) is 14.4 Å². The summed E-state index contributed by atoms with van der Waals surface area (Å²) in [6, 6.07) is 1.87. The maximum Gasteiger partial charge on any atom is 0.179 e. The lowest BCUT2D eigenvalue weighted by molar-refractivity contribution is 0.0263. The van der Waals surface area contributed by atoms with E-state index in [1.807, 2.05) is 24.6 Å². The summed E-state index contributed by atoms with van der Waals surface area (Å²) >= 11 is 0. The number of fused-ring (bicyclic) bond motifs is 1. The number of Topliss-reactive ketones (excluding diaryl/α,β-unsaturated/α-hetero) is 1. The zero-order valence-electron chi connectivity index (χ0n) is 15.4. The first-order valence-corrected chi connectivity index (χ1v) is 8.90. The monoisotopic (exact) mass is 349 g/mol. The summed E-state index contributed by atoms with van der Waals surface area (Å²) in [5, 5.41) is 4.36. The fourth-order valence-corrected chi connectivity index (χ4v) is 2.80. The molecule has 0 spiro atoms. The quantitative estimate of drug-likeness (QED) is 0.406. The number of hydrogen-bond donors (Lipinski definition) is 0. The van der Waals surface area contributed by atoms with Gasteiger partial charge in [-0.05, 0) is 44.4 Å². The van der Waals surface area contributed by atoms with Gasteiger partial charge in [-0.1, -0.05) is 12.5 Å². The number of nitrogens with zero attached hydrogens (tertiary/aromatic N) is 3. The SMILES string of the molecule is CCC=C(F)C=C(C)CCOCN1CCCn2nc(C(C)=O)cc2C1. The molecule has 0 unspecified atom stereocenters. The van der Waals surface area contributed by atoms with Gasteiger partial charge in [-0.25, -0.2) is 4.39 Å². The predicted octanol–water partition coefficient (Wildman–Crippen LogP) is 3.87. The molecule has 0 bridgehead atoms. The van der Waals surface area contributed by atoms with Gasteiger partial charge in [0, 0.05) is 26.6 Å². The maximum atomic E-state index is 13.4. The molecule has 0 saturated carbocycles. The third-order valence-corrected chi connectivity index (χ3v) is 4.15. The molecule has 0 saturated heterocycles. The number of ketones is 1. The van der Waals surface area contributed by atoms with Crippen molar-refractivity contribution >= 4 is 5.78 Å². The van der Waals surface area contributed by atoms with E-state index in [1.165, 1.54) is 6.92 Å². The van der Waals surface area contributed by atoms with Crippen molar-refractivity contribution in [2.24, 2.45) is 0 Å². The van der Waals surface area contributed by atoms with E-state index in [0.717, 1.165) is 37.3 Å². The first-order valence-electron chi connectivity index (χ1n) is 8.90. The number of aryl methyl sites for hydroxylation is 1. The van der Waals surface area contributed by atoms with Crippen LogP contribution in [-0.2, 0) is 17.8 Å². The zero-order valence-corrected chi connectivity index (χ0v) is 15.4. The fraction of sp³-hybridized carbons (Fsp3) is 0.579. The van der Waals surface area contributed by atoms with Crippen molar-refractivity contribution in [3.05, 3.63) is 41.0 Å². The van der Waals surface area contributed by atoms with Crippen LogP contribution in [0.25, 0.3) is 0 Å². The Kier molecular flexibility index (Phi) is 7.52. The summed E-state index contributed by atoms with van der Waals surface area (Å²) in [5.41, 5.74) is 2.55. The number of allylic oxidation sites excluding steroid dienone is 3. The van der Waals surface area contributed by atoms with Crippen molar-refractivity contribution in [3.8, 4) is 0 Å². The number of hydrogen-bond acceptors (Lipinski definition) is 4. The first kappa shape index (κ1) is 19.5. The molecule has 1 aliphatic heterocycles. The Hall–Kier alpha value is -1.79. The van der Waals surface area contributed by atoms with Gasteiger partial charge in [0.2, 0.25) is 0 Å². The van der Waals surface area contributed by atoms with Crippen LogP contribution in [0.1, 0.15) is 56.2 Å². The van der Waals surface area contributed by atoms with Crippen LogP contribution >= 0.6 is 0 Å². The highest BCUT2D eigenvalue weighted by atomic mass is 19.1. The first-order chi connectivity index (χ1) is 12.0. The van der Waals surface area contributed by atoms with Crippen molar-refractivity contribution < 1.29 is 13.9 Å². The van der Waals surface area contributed by atoms with E-state index >= 15 is 0 Å². The van der Waals surface area contributed by atoms with Gasteiger partial charge in [-0.2, -0.15) is 5.10 Å². The molecule has 0 N–H and O–H groups in total. The standard InChI is InChI=1S/C19H28FN3O2/c1-4-6-17(20)11-15(2)7-10-25-14-22-8-5-9-23-18(13-22)12-19(21-23)16(3)24/h6,11-12H,4-5,7-10,13-14H2,1-3H3. The lowest BCUT2D eigenvalue weighted by atomic mass is 10.2. The van der Waals surface area contributed by atoms with E-state index in [-0.39, 0.29) is 11.6 Å². The highest BCUT2D eigenvalue weighted by Crippen LogP contribution is 2.14. The van der Waals surface area contributed by atoms with E-state index in [0.29, 0.717) is 31.9 Å². The van der Waals surface area contributed by atoms with Crippen LogP contribution in [0.3, 0.4) is 0 Å². The lowest BCUT2D eigenvalue weighted by Gasteiger charge is -2.19. The van der Waals surface area contributed by atoms with Gasteiger partial charge in [0.25, 0.3) is 0 Å². The van der Waals surface area contributed by atoms with E-state index < -0.39 is 0 Å². The third kappa shape index (κ3) is 6.21. The molecule has 0 aliphatic carbocycles. The minimum atomic E-state index is -0.179. The lowest BCUT2D eigenvalue weighted by Crippen LogP contribution is -2.26. The Balaban J connectivity index is 1.79. The number of carbonyl (C=O) groups excluding carboxylic acids is 1. The summed E-state index contributed by atoms with van der Waals surface area (Å²) in [5.74, 6) is -0.183. The molecule has 0 amide bonds. The number of aromatic nitrogens is 2. The van der Waals surface area contributed by atoms with Gasteiger partial charge in [-0.15, -0.1) is 0 Å². The summed E-state index contributed by atoms with van der Waals surface area (Å²) in [6.45, 7) is 8.95. The van der Waals surface area contributed by atoms with Crippen molar-refractivity contribution in [1.82, 2.24) is 14.7 Å². The molecule has 2 rings (SSSR count). The minimum absolute atomic E-state index is 0.00464. The number of rotatable bonds is 8. The Labute approximate surface area is 149 Å². The molecule has 0 radical (unpaired) electrons. The van der Waals surface area contributed by atoms with Crippen LogP contribution < -0.4 is 0 Å². The molecule has 1 aliphatic rings. The van der Waals surface area contributed by atoms with Crippen molar-refractivity contribution in [3.63, 3.8) is 0 Å². The van der Waals surface area contributed by atoms with Crippen LogP contribution in [0.15, 0.2) is 29.6 Å². The average molecular weight is 349 g/mol. The number of halogens is 1. The van der Waals surface area contributed by atoms with Gasteiger partial charge in [0.05, 0.1) is 19.0 Å². The molecule has 25 heavy (non-hydrogen) atoms. The van der Waals surface area contributed by atoms with Crippen LogP contribution in [0.5, 0.6) is 0 Å². The average Bonchev–Trinajstić information content (AvgIpc) is 2.85. The summed E-state index contributed by atoms with van der Waals surface area (Å²) in [6.07, 6.45) is 5.52. The number of ether oxygens (including phenoxy) is 1. The van der Waals surface area contributed by atoms with Gasteiger partial charge >= 0.3 is 0 Å². The van der Waals surface area contributed by atoms with E-state index in [2.05, 4.69) is 10.00 Å². The summed E-state index contributed by atoms with van der Waals surface area (Å²) < 4.78 is 21.1. The minimum Gasteiger partial charge on any atom is -0.366 e. The topological polar surface area (TPSA) is 47.4 Å². The predicted molar refractivity (Wildman–Crippen MR) is 95.9 cm³/mol. The molecule has 1 aromatic rings. The summed E-state index contributed by atoms with van der Waals surface area (Å²) in [4.78, 5) is 13.7. The molecule has 0 fully saturated rings. The zero-order chi connectivity index (χ0) is 18.2. The van der Waals surface area contributed by atoms with Crippen LogP contribution in [0.2, 0.25) is 0 Å². The molecule has 5 nitrogen and oxygen atoms in total. The van der Waals surface area contributed by atoms with Gasteiger partial charge in [0.1, 0.15) is 11.5 Å². The highest BCUT2D eigenvalue weighted by molar-refractivity contribution is 5.92. The Bertz CT molecular complexity index is 649. The van der Waals surface area contributed by atoms with Crippen LogP contribution in [-0.4, -0.2) is 40.3 Å². The second-order valence-electron chi connectivity index (χ2n) is 6.48. The van der Waals surface area contributed by atoms with Crippen molar-refractivity contribution in [2.45, 2.75) is 53.1 Å². The van der Waals surface area contributed by atoms with E-state index in [9.17, 15) is 9.18 Å². The molecule has 6 heteroatoms. The fourth-order valence-electron chi connectivity index (χ4n) is 2.80. The highest BCUT2D eigenvalue weighted by Gasteiger charge is 2.17.